The maximum Gasteiger partial charge on any atom is 0.422 e. The lowest BCUT2D eigenvalue weighted by molar-refractivity contribution is -0.154. The van der Waals surface area contributed by atoms with Crippen molar-refractivity contribution in [1.82, 2.24) is 4.98 Å². The maximum absolute atomic E-state index is 12.3. The number of carbonyl (C=O) groups excluding carboxylic acids is 2. The largest absolute Gasteiger partial charge is 0.467 e. The molecule has 0 spiro atoms. The van der Waals surface area contributed by atoms with Gasteiger partial charge < -0.3 is 14.4 Å². The molecule has 2 heterocycles. The van der Waals surface area contributed by atoms with Crippen LogP contribution in [0.15, 0.2) is 42.6 Å². The minimum Gasteiger partial charge on any atom is -0.467 e. The summed E-state index contributed by atoms with van der Waals surface area (Å²) < 4.78 is 46.7. The van der Waals surface area contributed by atoms with Crippen LogP contribution in [0, 0.1) is 0 Å². The molecule has 142 valence electrons. The summed E-state index contributed by atoms with van der Waals surface area (Å²) in [6, 6.07) is 8.93. The summed E-state index contributed by atoms with van der Waals surface area (Å²) in [6.07, 6.45) is -2.05. The first-order valence-corrected chi connectivity index (χ1v) is 8.11. The standard InChI is InChI=1S/C18H15F3N2O4/c19-18(20,21)11-26-16-14(3-1-9-22-16)17(25)27-13-7-5-12(6-8-13)23-10-2-4-15(23)24/h1,3,5-9H,2,4,10-11H2. The molecule has 1 amide bonds. The van der Waals surface area contributed by atoms with Crippen LogP contribution >= 0.6 is 0 Å². The number of rotatable bonds is 5. The van der Waals surface area contributed by atoms with E-state index < -0.39 is 24.6 Å². The Morgan fingerprint density at radius 3 is 2.56 bits per heavy atom. The predicted molar refractivity (Wildman–Crippen MR) is 88.8 cm³/mol. The molecule has 6 nitrogen and oxygen atoms in total. The average Bonchev–Trinajstić information content (AvgIpc) is 3.06. The minimum absolute atomic E-state index is 0.0292. The van der Waals surface area contributed by atoms with Crippen LogP contribution in [0.2, 0.25) is 0 Å². The maximum atomic E-state index is 12.3. The monoisotopic (exact) mass is 380 g/mol. The van der Waals surface area contributed by atoms with Crippen molar-refractivity contribution in [2.24, 2.45) is 0 Å². The molecular weight excluding hydrogens is 365 g/mol. The second-order valence-corrected chi connectivity index (χ2v) is 5.79. The molecule has 0 radical (unpaired) electrons. The lowest BCUT2D eigenvalue weighted by Gasteiger charge is -2.16. The summed E-state index contributed by atoms with van der Waals surface area (Å²) in [5.74, 6) is -1.15. The Balaban J connectivity index is 1.69. The number of anilines is 1. The molecule has 1 aliphatic rings. The number of ether oxygens (including phenoxy) is 2. The van der Waals surface area contributed by atoms with Gasteiger partial charge in [-0.3, -0.25) is 4.79 Å². The molecule has 0 saturated carbocycles. The number of benzene rings is 1. The Hall–Kier alpha value is -3.10. The molecule has 0 bridgehead atoms. The van der Waals surface area contributed by atoms with Crippen LogP contribution in [-0.2, 0) is 4.79 Å². The quantitative estimate of drug-likeness (QED) is 0.588. The number of hydrogen-bond acceptors (Lipinski definition) is 5. The second-order valence-electron chi connectivity index (χ2n) is 5.79. The first kappa shape index (κ1) is 18.7. The van der Waals surface area contributed by atoms with Crippen LogP contribution in [-0.4, -0.2) is 36.2 Å². The first-order valence-electron chi connectivity index (χ1n) is 8.11. The average molecular weight is 380 g/mol. The molecule has 1 fully saturated rings. The van der Waals surface area contributed by atoms with Gasteiger partial charge in [0, 0.05) is 24.8 Å². The van der Waals surface area contributed by atoms with Crippen molar-refractivity contribution < 1.29 is 32.2 Å². The van der Waals surface area contributed by atoms with Crippen molar-refractivity contribution in [2.75, 3.05) is 18.1 Å². The zero-order chi connectivity index (χ0) is 19.4. The van der Waals surface area contributed by atoms with E-state index in [9.17, 15) is 22.8 Å². The van der Waals surface area contributed by atoms with E-state index in [0.29, 0.717) is 18.7 Å². The lowest BCUT2D eigenvalue weighted by Crippen LogP contribution is -2.23. The number of amides is 1. The number of alkyl halides is 3. The highest BCUT2D eigenvalue weighted by Crippen LogP contribution is 2.25. The Kier molecular flexibility index (Phi) is 5.29. The molecule has 9 heteroatoms. The highest BCUT2D eigenvalue weighted by Gasteiger charge is 2.30. The van der Waals surface area contributed by atoms with E-state index in [0.717, 1.165) is 6.42 Å². The van der Waals surface area contributed by atoms with Crippen LogP contribution in [0.25, 0.3) is 0 Å². The summed E-state index contributed by atoms with van der Waals surface area (Å²) in [7, 11) is 0. The number of carbonyl (C=O) groups is 2. The van der Waals surface area contributed by atoms with Crippen molar-refractivity contribution in [1.29, 1.82) is 0 Å². The SMILES string of the molecule is O=C(Oc1ccc(N2CCCC2=O)cc1)c1cccnc1OCC(F)(F)F. The van der Waals surface area contributed by atoms with Crippen molar-refractivity contribution in [3.63, 3.8) is 0 Å². The third kappa shape index (κ3) is 4.75. The number of esters is 1. The third-order valence-electron chi connectivity index (χ3n) is 3.80. The van der Waals surface area contributed by atoms with E-state index in [2.05, 4.69) is 9.72 Å². The molecule has 1 aromatic carbocycles. The van der Waals surface area contributed by atoms with Crippen LogP contribution in [0.1, 0.15) is 23.2 Å². The summed E-state index contributed by atoms with van der Waals surface area (Å²) in [5.41, 5.74) is 0.466. The topological polar surface area (TPSA) is 68.7 Å². The van der Waals surface area contributed by atoms with Crippen molar-refractivity contribution in [2.45, 2.75) is 19.0 Å². The normalized spacial score (nSPS) is 14.3. The van der Waals surface area contributed by atoms with Crippen molar-refractivity contribution in [3.05, 3.63) is 48.2 Å². The zero-order valence-electron chi connectivity index (χ0n) is 14.0. The van der Waals surface area contributed by atoms with Crippen molar-refractivity contribution >= 4 is 17.6 Å². The van der Waals surface area contributed by atoms with E-state index >= 15 is 0 Å². The van der Waals surface area contributed by atoms with E-state index in [1.165, 1.54) is 30.5 Å². The lowest BCUT2D eigenvalue weighted by atomic mass is 10.2. The number of pyridine rings is 1. The molecule has 1 saturated heterocycles. The molecule has 0 aliphatic carbocycles. The minimum atomic E-state index is -4.55. The van der Waals surface area contributed by atoms with E-state index in [4.69, 9.17) is 4.74 Å². The second kappa shape index (κ2) is 7.65. The van der Waals surface area contributed by atoms with E-state index in [-0.39, 0.29) is 17.2 Å². The van der Waals surface area contributed by atoms with Crippen LogP contribution in [0.4, 0.5) is 18.9 Å². The van der Waals surface area contributed by atoms with Crippen LogP contribution in [0.3, 0.4) is 0 Å². The zero-order valence-corrected chi connectivity index (χ0v) is 14.0. The Morgan fingerprint density at radius 1 is 1.19 bits per heavy atom. The van der Waals surface area contributed by atoms with Gasteiger partial charge in [0.2, 0.25) is 11.8 Å². The van der Waals surface area contributed by atoms with Gasteiger partial charge in [0.05, 0.1) is 0 Å². The van der Waals surface area contributed by atoms with Gasteiger partial charge in [-0.15, -0.1) is 0 Å². The fraction of sp³-hybridized carbons (Fsp3) is 0.278. The van der Waals surface area contributed by atoms with Gasteiger partial charge in [0.15, 0.2) is 6.61 Å². The Labute approximate surface area is 152 Å². The summed E-state index contributed by atoms with van der Waals surface area (Å²) >= 11 is 0. The smallest absolute Gasteiger partial charge is 0.422 e. The predicted octanol–water partition coefficient (Wildman–Crippen LogP) is 3.37. The number of hydrogen-bond donors (Lipinski definition) is 0. The summed E-state index contributed by atoms with van der Waals surface area (Å²) in [5, 5.41) is 0. The first-order chi connectivity index (χ1) is 12.8. The third-order valence-corrected chi connectivity index (χ3v) is 3.80. The fourth-order valence-electron chi connectivity index (χ4n) is 2.59. The van der Waals surface area contributed by atoms with Gasteiger partial charge in [0.1, 0.15) is 11.3 Å². The van der Waals surface area contributed by atoms with Gasteiger partial charge in [-0.2, -0.15) is 13.2 Å². The van der Waals surface area contributed by atoms with Crippen LogP contribution < -0.4 is 14.4 Å². The Morgan fingerprint density at radius 2 is 1.93 bits per heavy atom. The van der Waals surface area contributed by atoms with Gasteiger partial charge in [0.25, 0.3) is 0 Å². The van der Waals surface area contributed by atoms with Gasteiger partial charge >= 0.3 is 12.1 Å². The number of aromatic nitrogens is 1. The number of nitrogens with zero attached hydrogens (tertiary/aromatic N) is 2. The Bertz CT molecular complexity index is 837. The van der Waals surface area contributed by atoms with Crippen LogP contribution in [0.5, 0.6) is 11.6 Å². The van der Waals surface area contributed by atoms with E-state index in [1.807, 2.05) is 0 Å². The molecule has 0 N–H and O–H groups in total. The van der Waals surface area contributed by atoms with Gasteiger partial charge in [-0.25, -0.2) is 9.78 Å². The molecule has 2 aromatic rings. The molecule has 27 heavy (non-hydrogen) atoms. The van der Waals surface area contributed by atoms with Crippen molar-refractivity contribution in [3.8, 4) is 11.6 Å². The molecule has 0 unspecified atom stereocenters. The number of halogens is 3. The van der Waals surface area contributed by atoms with Gasteiger partial charge in [-0.05, 0) is 42.8 Å². The van der Waals surface area contributed by atoms with Gasteiger partial charge in [-0.1, -0.05) is 0 Å². The summed E-state index contributed by atoms with van der Waals surface area (Å²) in [4.78, 5) is 29.3. The molecule has 1 aliphatic heterocycles. The fourth-order valence-corrected chi connectivity index (χ4v) is 2.59. The summed E-state index contributed by atoms with van der Waals surface area (Å²) in [6.45, 7) is -0.934. The highest BCUT2D eigenvalue weighted by molar-refractivity contribution is 5.95. The molecule has 1 aromatic heterocycles. The highest BCUT2D eigenvalue weighted by atomic mass is 19.4. The molecular formula is C18H15F3N2O4. The molecule has 3 rings (SSSR count). The molecule has 0 atom stereocenters. The van der Waals surface area contributed by atoms with E-state index in [1.54, 1.807) is 17.0 Å².